The SMILES string of the molecule is COc1cc(NC(=O)CC(C)c2ccc(C(F)(F)F)cc2)c(C(=O)N2CCCCC2)cc1OC. The molecule has 1 heterocycles. The lowest BCUT2D eigenvalue weighted by Gasteiger charge is -2.28. The number of nitrogens with zero attached hydrogens (tertiary/aromatic N) is 1. The van der Waals surface area contributed by atoms with Crippen LogP contribution in [0.25, 0.3) is 0 Å². The molecule has 1 aliphatic heterocycles. The largest absolute Gasteiger partial charge is 0.493 e. The molecule has 1 unspecified atom stereocenters. The molecule has 9 heteroatoms. The first kappa shape index (κ1) is 25.4. The maximum Gasteiger partial charge on any atom is 0.416 e. The van der Waals surface area contributed by atoms with Gasteiger partial charge < -0.3 is 19.7 Å². The summed E-state index contributed by atoms with van der Waals surface area (Å²) in [5, 5.41) is 2.79. The molecule has 1 aliphatic rings. The molecule has 2 aromatic rings. The Bertz CT molecular complexity index is 1020. The van der Waals surface area contributed by atoms with Crippen LogP contribution in [0.4, 0.5) is 18.9 Å². The third kappa shape index (κ3) is 6.01. The van der Waals surface area contributed by atoms with Crippen LogP contribution in [0.5, 0.6) is 11.5 Å². The van der Waals surface area contributed by atoms with Crippen molar-refractivity contribution in [1.82, 2.24) is 4.90 Å². The van der Waals surface area contributed by atoms with E-state index < -0.39 is 11.7 Å². The number of carbonyl (C=O) groups is 2. The summed E-state index contributed by atoms with van der Waals surface area (Å²) in [5.41, 5.74) is 0.479. The summed E-state index contributed by atoms with van der Waals surface area (Å²) in [6, 6.07) is 7.88. The highest BCUT2D eigenvalue weighted by Crippen LogP contribution is 2.35. The number of anilines is 1. The predicted molar refractivity (Wildman–Crippen MR) is 122 cm³/mol. The van der Waals surface area contributed by atoms with Crippen LogP contribution in [0.3, 0.4) is 0 Å². The molecule has 6 nitrogen and oxygen atoms in total. The number of hydrogen-bond donors (Lipinski definition) is 1. The fourth-order valence-corrected chi connectivity index (χ4v) is 4.02. The van der Waals surface area contributed by atoms with Gasteiger partial charge in [0.25, 0.3) is 5.91 Å². The first-order valence-corrected chi connectivity index (χ1v) is 11.2. The summed E-state index contributed by atoms with van der Waals surface area (Å²) >= 11 is 0. The van der Waals surface area contributed by atoms with E-state index in [9.17, 15) is 22.8 Å². The maximum absolute atomic E-state index is 13.2. The van der Waals surface area contributed by atoms with E-state index in [1.54, 1.807) is 24.0 Å². The van der Waals surface area contributed by atoms with Crippen molar-refractivity contribution in [3.8, 4) is 11.5 Å². The standard InChI is InChI=1S/C25H29F3N2O4/c1-16(17-7-9-18(10-8-17)25(26,27)28)13-23(31)29-20-15-22(34-3)21(33-2)14-19(20)24(32)30-11-5-4-6-12-30/h7-10,14-16H,4-6,11-13H2,1-3H3,(H,29,31). The average Bonchev–Trinajstić information content (AvgIpc) is 2.83. The number of piperidine rings is 1. The number of alkyl halides is 3. The second-order valence-corrected chi connectivity index (χ2v) is 8.38. The zero-order valence-electron chi connectivity index (χ0n) is 19.5. The number of methoxy groups -OCH3 is 2. The second kappa shape index (κ2) is 10.8. The van der Waals surface area contributed by atoms with E-state index in [0.717, 1.165) is 31.4 Å². The lowest BCUT2D eigenvalue weighted by Crippen LogP contribution is -2.36. The minimum atomic E-state index is -4.41. The summed E-state index contributed by atoms with van der Waals surface area (Å²) < 4.78 is 49.1. The van der Waals surface area contributed by atoms with Crippen molar-refractivity contribution < 1.29 is 32.2 Å². The number of hydrogen-bond acceptors (Lipinski definition) is 4. The van der Waals surface area contributed by atoms with Crippen LogP contribution in [0.2, 0.25) is 0 Å². The number of carbonyl (C=O) groups excluding carboxylic acids is 2. The van der Waals surface area contributed by atoms with Gasteiger partial charge in [-0.15, -0.1) is 0 Å². The van der Waals surface area contributed by atoms with Gasteiger partial charge in [-0.05, 0) is 48.9 Å². The summed E-state index contributed by atoms with van der Waals surface area (Å²) in [7, 11) is 2.93. The van der Waals surface area contributed by atoms with Gasteiger partial charge in [-0.1, -0.05) is 19.1 Å². The van der Waals surface area contributed by atoms with Crippen LogP contribution in [-0.4, -0.2) is 44.0 Å². The van der Waals surface area contributed by atoms with Gasteiger partial charge in [0.1, 0.15) is 0 Å². The van der Waals surface area contributed by atoms with Crippen LogP contribution in [0.1, 0.15) is 60.0 Å². The van der Waals surface area contributed by atoms with Crippen molar-refractivity contribution in [2.75, 3.05) is 32.6 Å². The highest BCUT2D eigenvalue weighted by Gasteiger charge is 2.30. The first-order chi connectivity index (χ1) is 16.1. The third-order valence-corrected chi connectivity index (χ3v) is 5.97. The molecule has 1 N–H and O–H groups in total. The molecule has 1 saturated heterocycles. The molecule has 0 saturated carbocycles. The van der Waals surface area contributed by atoms with Crippen molar-refractivity contribution in [1.29, 1.82) is 0 Å². The monoisotopic (exact) mass is 478 g/mol. The molecule has 0 spiro atoms. The summed E-state index contributed by atoms with van der Waals surface area (Å²) in [6.45, 7) is 3.05. The highest BCUT2D eigenvalue weighted by molar-refractivity contribution is 6.04. The minimum absolute atomic E-state index is 0.0249. The Kier molecular flexibility index (Phi) is 8.06. The van der Waals surface area contributed by atoms with Crippen LogP contribution >= 0.6 is 0 Å². The van der Waals surface area contributed by atoms with Gasteiger partial charge in [-0.25, -0.2) is 0 Å². The molecule has 34 heavy (non-hydrogen) atoms. The maximum atomic E-state index is 13.2. The van der Waals surface area contributed by atoms with Gasteiger partial charge in [0, 0.05) is 25.6 Å². The molecule has 0 aromatic heterocycles. The van der Waals surface area contributed by atoms with Crippen molar-refractivity contribution >= 4 is 17.5 Å². The Morgan fingerprint density at radius 1 is 1.00 bits per heavy atom. The Balaban J connectivity index is 1.79. The van der Waals surface area contributed by atoms with Crippen LogP contribution in [0.15, 0.2) is 36.4 Å². The van der Waals surface area contributed by atoms with Gasteiger partial charge in [-0.3, -0.25) is 9.59 Å². The molecule has 1 atom stereocenters. The zero-order valence-corrected chi connectivity index (χ0v) is 19.5. The Morgan fingerprint density at radius 2 is 1.59 bits per heavy atom. The molecule has 0 radical (unpaired) electrons. The van der Waals surface area contributed by atoms with Gasteiger partial charge in [-0.2, -0.15) is 13.2 Å². The van der Waals surface area contributed by atoms with Crippen molar-refractivity contribution in [3.63, 3.8) is 0 Å². The lowest BCUT2D eigenvalue weighted by atomic mass is 9.96. The molecular formula is C25H29F3N2O4. The third-order valence-electron chi connectivity index (χ3n) is 5.97. The number of amides is 2. The van der Waals surface area contributed by atoms with E-state index in [1.165, 1.54) is 26.4 Å². The zero-order chi connectivity index (χ0) is 24.9. The Labute approximate surface area is 197 Å². The number of likely N-dealkylation sites (tertiary alicyclic amines) is 1. The summed E-state index contributed by atoms with van der Waals surface area (Å²) in [4.78, 5) is 27.8. The lowest BCUT2D eigenvalue weighted by molar-refractivity contribution is -0.137. The number of nitrogens with one attached hydrogen (secondary N) is 1. The molecular weight excluding hydrogens is 449 g/mol. The van der Waals surface area contributed by atoms with Crippen molar-refractivity contribution in [2.45, 2.75) is 44.7 Å². The average molecular weight is 479 g/mol. The Hall–Kier alpha value is -3.23. The molecule has 0 aliphatic carbocycles. The molecule has 2 amide bonds. The second-order valence-electron chi connectivity index (χ2n) is 8.38. The molecule has 3 rings (SSSR count). The van der Waals surface area contributed by atoms with Crippen molar-refractivity contribution in [3.05, 3.63) is 53.1 Å². The van der Waals surface area contributed by atoms with Crippen LogP contribution in [0, 0.1) is 0 Å². The van der Waals surface area contributed by atoms with Gasteiger partial charge in [0.05, 0.1) is 31.0 Å². The first-order valence-electron chi connectivity index (χ1n) is 11.2. The summed E-state index contributed by atoms with van der Waals surface area (Å²) in [5.74, 6) is -0.162. The molecule has 1 fully saturated rings. The predicted octanol–water partition coefficient (Wildman–Crippen LogP) is 5.48. The van der Waals surface area contributed by atoms with E-state index in [0.29, 0.717) is 41.4 Å². The summed E-state index contributed by atoms with van der Waals surface area (Å²) in [6.07, 6.45) is -1.47. The van der Waals surface area contributed by atoms with Crippen LogP contribution < -0.4 is 14.8 Å². The minimum Gasteiger partial charge on any atom is -0.493 e. The van der Waals surface area contributed by atoms with Gasteiger partial charge in [0.2, 0.25) is 5.91 Å². The molecule has 184 valence electrons. The van der Waals surface area contributed by atoms with Crippen LogP contribution in [-0.2, 0) is 11.0 Å². The quantitative estimate of drug-likeness (QED) is 0.572. The van der Waals surface area contributed by atoms with E-state index in [4.69, 9.17) is 9.47 Å². The van der Waals surface area contributed by atoms with Gasteiger partial charge in [0.15, 0.2) is 11.5 Å². The Morgan fingerprint density at radius 3 is 2.15 bits per heavy atom. The van der Waals surface area contributed by atoms with Gasteiger partial charge >= 0.3 is 6.18 Å². The highest BCUT2D eigenvalue weighted by atomic mass is 19.4. The topological polar surface area (TPSA) is 67.9 Å². The molecule has 2 aromatic carbocycles. The number of benzene rings is 2. The van der Waals surface area contributed by atoms with E-state index >= 15 is 0 Å². The van der Waals surface area contributed by atoms with E-state index in [1.807, 2.05) is 0 Å². The normalized spacial score (nSPS) is 14.9. The van der Waals surface area contributed by atoms with E-state index in [-0.39, 0.29) is 24.2 Å². The van der Waals surface area contributed by atoms with Crippen molar-refractivity contribution in [2.24, 2.45) is 0 Å². The number of ether oxygens (including phenoxy) is 2. The fraction of sp³-hybridized carbons (Fsp3) is 0.440. The smallest absolute Gasteiger partial charge is 0.416 e. The van der Waals surface area contributed by atoms with E-state index in [2.05, 4.69) is 5.32 Å². The molecule has 0 bridgehead atoms. The fourth-order valence-electron chi connectivity index (χ4n) is 4.02. The number of rotatable bonds is 7. The number of halogens is 3.